The molecule has 3 rings (SSSR count). The number of hydrogen-bond donors (Lipinski definition) is 4. The van der Waals surface area contributed by atoms with Crippen LogP contribution in [0.25, 0.3) is 0 Å². The first-order valence-corrected chi connectivity index (χ1v) is 8.60. The molecule has 3 aromatic rings. The summed E-state index contributed by atoms with van der Waals surface area (Å²) in [5.74, 6) is 0.200. The van der Waals surface area contributed by atoms with Crippen molar-refractivity contribution in [3.63, 3.8) is 0 Å². The van der Waals surface area contributed by atoms with E-state index in [4.69, 9.17) is 22.7 Å². The standard InChI is InChI=1S/C20H18ClN5O/c21-15-9-10-18(25-12-15)26-20(27)16-3-1-2-4-17(16)24-11-13-5-7-14(8-6-13)19(22)23/h1-10,12,24H,11H2,(H3,22,23)(H,25,26,27). The summed E-state index contributed by atoms with van der Waals surface area (Å²) in [5, 5.41) is 14.0. The third-order valence-corrected chi connectivity index (χ3v) is 4.11. The van der Waals surface area contributed by atoms with Gasteiger partial charge in [-0.2, -0.15) is 0 Å². The number of aromatic nitrogens is 1. The molecule has 0 aliphatic heterocycles. The molecule has 0 aliphatic rings. The molecule has 2 aromatic carbocycles. The molecule has 6 nitrogen and oxygen atoms in total. The van der Waals surface area contributed by atoms with Gasteiger partial charge in [-0.15, -0.1) is 0 Å². The zero-order chi connectivity index (χ0) is 19.2. The maximum Gasteiger partial charge on any atom is 0.258 e. The van der Waals surface area contributed by atoms with Gasteiger partial charge in [-0.05, 0) is 29.8 Å². The highest BCUT2D eigenvalue weighted by Crippen LogP contribution is 2.18. The number of anilines is 2. The number of nitrogens with one attached hydrogen (secondary N) is 3. The van der Waals surface area contributed by atoms with E-state index in [1.165, 1.54) is 6.20 Å². The van der Waals surface area contributed by atoms with Crippen LogP contribution in [0, 0.1) is 5.41 Å². The van der Waals surface area contributed by atoms with Gasteiger partial charge in [-0.3, -0.25) is 10.2 Å². The Kier molecular flexibility index (Phi) is 5.68. The summed E-state index contributed by atoms with van der Waals surface area (Å²) in [7, 11) is 0. The van der Waals surface area contributed by atoms with Gasteiger partial charge in [0, 0.05) is 24.0 Å². The van der Waals surface area contributed by atoms with Gasteiger partial charge in [0.1, 0.15) is 11.7 Å². The van der Waals surface area contributed by atoms with E-state index in [0.717, 1.165) is 5.56 Å². The van der Waals surface area contributed by atoms with Crippen LogP contribution in [0.5, 0.6) is 0 Å². The summed E-state index contributed by atoms with van der Waals surface area (Å²) in [6.45, 7) is 0.529. The average Bonchev–Trinajstić information content (AvgIpc) is 2.68. The second-order valence-electron chi connectivity index (χ2n) is 5.83. The molecule has 5 N–H and O–H groups in total. The van der Waals surface area contributed by atoms with Gasteiger partial charge in [0.25, 0.3) is 5.91 Å². The Hall–Kier alpha value is -3.38. The van der Waals surface area contributed by atoms with Crippen molar-refractivity contribution in [1.82, 2.24) is 4.98 Å². The Morgan fingerprint density at radius 1 is 1.07 bits per heavy atom. The minimum absolute atomic E-state index is 0.0346. The molecular formula is C20H18ClN5O. The number of nitrogen functional groups attached to an aromatic ring is 1. The number of benzene rings is 2. The molecule has 0 saturated heterocycles. The first-order chi connectivity index (χ1) is 13.0. The largest absolute Gasteiger partial charge is 0.384 e. The number of nitrogens with zero attached hydrogens (tertiary/aromatic N) is 1. The fourth-order valence-corrected chi connectivity index (χ4v) is 2.58. The predicted molar refractivity (Wildman–Crippen MR) is 108 cm³/mol. The van der Waals surface area contributed by atoms with E-state index in [-0.39, 0.29) is 11.7 Å². The number of amides is 1. The number of hydrogen-bond acceptors (Lipinski definition) is 4. The highest BCUT2D eigenvalue weighted by Gasteiger charge is 2.11. The number of pyridine rings is 1. The zero-order valence-corrected chi connectivity index (χ0v) is 15.1. The second kappa shape index (κ2) is 8.33. The first-order valence-electron chi connectivity index (χ1n) is 8.22. The van der Waals surface area contributed by atoms with Crippen LogP contribution < -0.4 is 16.4 Å². The number of halogens is 1. The predicted octanol–water partition coefficient (Wildman–Crippen LogP) is 3.88. The summed E-state index contributed by atoms with van der Waals surface area (Å²) >= 11 is 5.81. The van der Waals surface area contributed by atoms with Gasteiger partial charge >= 0.3 is 0 Å². The number of nitrogens with two attached hydrogens (primary N) is 1. The number of carbonyl (C=O) groups excluding carboxylic acids is 1. The van der Waals surface area contributed by atoms with Crippen molar-refractivity contribution in [2.24, 2.45) is 5.73 Å². The smallest absolute Gasteiger partial charge is 0.258 e. The second-order valence-corrected chi connectivity index (χ2v) is 6.26. The Morgan fingerprint density at radius 3 is 2.48 bits per heavy atom. The minimum Gasteiger partial charge on any atom is -0.384 e. The summed E-state index contributed by atoms with van der Waals surface area (Å²) in [6, 6.07) is 17.9. The normalized spacial score (nSPS) is 10.3. The monoisotopic (exact) mass is 379 g/mol. The van der Waals surface area contributed by atoms with Gasteiger partial charge in [-0.25, -0.2) is 4.98 Å². The lowest BCUT2D eigenvalue weighted by Crippen LogP contribution is -2.15. The maximum atomic E-state index is 12.6. The van der Waals surface area contributed by atoms with E-state index >= 15 is 0 Å². The Labute approximate surface area is 161 Å². The highest BCUT2D eigenvalue weighted by atomic mass is 35.5. The number of carbonyl (C=O) groups is 1. The Bertz CT molecular complexity index is 955. The Morgan fingerprint density at radius 2 is 1.81 bits per heavy atom. The molecule has 0 saturated carbocycles. The van der Waals surface area contributed by atoms with E-state index in [0.29, 0.717) is 34.2 Å². The van der Waals surface area contributed by atoms with E-state index in [1.54, 1.807) is 36.4 Å². The van der Waals surface area contributed by atoms with Crippen molar-refractivity contribution >= 4 is 34.8 Å². The van der Waals surface area contributed by atoms with Gasteiger partial charge in [0.05, 0.1) is 10.6 Å². The summed E-state index contributed by atoms with van der Waals surface area (Å²) in [4.78, 5) is 16.7. The molecule has 0 fully saturated rings. The third kappa shape index (κ3) is 4.83. The van der Waals surface area contributed by atoms with Crippen molar-refractivity contribution < 1.29 is 4.79 Å². The fraction of sp³-hybridized carbons (Fsp3) is 0.0500. The summed E-state index contributed by atoms with van der Waals surface area (Å²) in [5.41, 5.74) is 8.37. The lowest BCUT2D eigenvalue weighted by molar-refractivity contribution is 0.102. The molecule has 27 heavy (non-hydrogen) atoms. The summed E-state index contributed by atoms with van der Waals surface area (Å²) in [6.07, 6.45) is 1.48. The van der Waals surface area contributed by atoms with E-state index < -0.39 is 0 Å². The van der Waals surface area contributed by atoms with Crippen molar-refractivity contribution in [3.8, 4) is 0 Å². The quantitative estimate of drug-likeness (QED) is 0.385. The lowest BCUT2D eigenvalue weighted by Gasteiger charge is -2.12. The van der Waals surface area contributed by atoms with Crippen LogP contribution in [0.3, 0.4) is 0 Å². The fourth-order valence-electron chi connectivity index (χ4n) is 2.47. The van der Waals surface area contributed by atoms with Crippen LogP contribution in [0.4, 0.5) is 11.5 Å². The molecule has 1 heterocycles. The van der Waals surface area contributed by atoms with Gasteiger partial charge in [-0.1, -0.05) is 48.0 Å². The maximum absolute atomic E-state index is 12.6. The van der Waals surface area contributed by atoms with Crippen LogP contribution in [-0.2, 0) is 6.54 Å². The SMILES string of the molecule is N=C(N)c1ccc(CNc2ccccc2C(=O)Nc2ccc(Cl)cn2)cc1. The van der Waals surface area contributed by atoms with Crippen molar-refractivity contribution in [3.05, 3.63) is 88.6 Å². The van der Waals surface area contributed by atoms with Gasteiger partial charge in [0.2, 0.25) is 0 Å². The highest BCUT2D eigenvalue weighted by molar-refractivity contribution is 6.30. The van der Waals surface area contributed by atoms with Crippen LogP contribution >= 0.6 is 11.6 Å². The molecule has 136 valence electrons. The molecule has 0 radical (unpaired) electrons. The van der Waals surface area contributed by atoms with Crippen LogP contribution in [0.15, 0.2) is 66.9 Å². The first kappa shape index (κ1) is 18.4. The topological polar surface area (TPSA) is 104 Å². The number of rotatable bonds is 6. The van der Waals surface area contributed by atoms with E-state index in [9.17, 15) is 4.79 Å². The summed E-state index contributed by atoms with van der Waals surface area (Å²) < 4.78 is 0. The number of amidine groups is 1. The lowest BCUT2D eigenvalue weighted by atomic mass is 10.1. The van der Waals surface area contributed by atoms with Crippen molar-refractivity contribution in [2.75, 3.05) is 10.6 Å². The molecule has 0 atom stereocenters. The molecule has 0 aliphatic carbocycles. The van der Waals surface area contributed by atoms with E-state index in [2.05, 4.69) is 15.6 Å². The van der Waals surface area contributed by atoms with Crippen molar-refractivity contribution in [1.29, 1.82) is 5.41 Å². The average molecular weight is 380 g/mol. The molecule has 0 unspecified atom stereocenters. The zero-order valence-electron chi connectivity index (χ0n) is 14.4. The molecule has 1 amide bonds. The molecule has 7 heteroatoms. The van der Waals surface area contributed by atoms with Crippen LogP contribution in [0.2, 0.25) is 5.02 Å². The molecular weight excluding hydrogens is 362 g/mol. The minimum atomic E-state index is -0.264. The molecule has 1 aromatic heterocycles. The molecule has 0 spiro atoms. The third-order valence-electron chi connectivity index (χ3n) is 3.89. The van der Waals surface area contributed by atoms with Crippen molar-refractivity contribution in [2.45, 2.75) is 6.54 Å². The van der Waals surface area contributed by atoms with Crippen LogP contribution in [0.1, 0.15) is 21.5 Å². The molecule has 0 bridgehead atoms. The Balaban J connectivity index is 1.70. The van der Waals surface area contributed by atoms with Gasteiger partial charge < -0.3 is 16.4 Å². The van der Waals surface area contributed by atoms with Crippen LogP contribution in [-0.4, -0.2) is 16.7 Å². The van der Waals surface area contributed by atoms with Gasteiger partial charge in [0.15, 0.2) is 0 Å². The van der Waals surface area contributed by atoms with E-state index in [1.807, 2.05) is 24.3 Å². The number of para-hydroxylation sites is 1.